The average Bonchev–Trinajstić information content (AvgIpc) is 2.44. The van der Waals surface area contributed by atoms with Gasteiger partial charge in [-0.1, -0.05) is 18.2 Å². The maximum Gasteiger partial charge on any atom is 0.357 e. The molecule has 0 radical (unpaired) electrons. The minimum atomic E-state index is -1.12. The molecule has 9 nitrogen and oxygen atoms in total. The van der Waals surface area contributed by atoms with E-state index >= 15 is 0 Å². The van der Waals surface area contributed by atoms with E-state index in [1.54, 1.807) is 11.1 Å². The Hall–Kier alpha value is -3.49. The summed E-state index contributed by atoms with van der Waals surface area (Å²) in [6.07, 6.45) is 2.51. The number of aromatic carboxylic acids is 1. The van der Waals surface area contributed by atoms with Crippen LogP contribution in [0.3, 0.4) is 0 Å². The second kappa shape index (κ2) is 5.87. The summed E-state index contributed by atoms with van der Waals surface area (Å²) in [7, 11) is 0. The Morgan fingerprint density at radius 3 is 2.59 bits per heavy atom. The van der Waals surface area contributed by atoms with Crippen LogP contribution >= 0.6 is 0 Å². The van der Waals surface area contributed by atoms with Gasteiger partial charge in [-0.15, -0.1) is 0 Å². The molecule has 1 aromatic heterocycles. The zero-order valence-corrected chi connectivity index (χ0v) is 10.9. The topological polar surface area (TPSA) is 146 Å². The Morgan fingerprint density at radius 2 is 1.95 bits per heavy atom. The summed E-state index contributed by atoms with van der Waals surface area (Å²) in [4.78, 5) is 47.3. The highest BCUT2D eigenvalue weighted by molar-refractivity contribution is 5.88. The summed E-state index contributed by atoms with van der Waals surface area (Å²) in [5.74, 6) is -1.12. The fourth-order valence-electron chi connectivity index (χ4n) is 1.75. The zero-order valence-electron chi connectivity index (χ0n) is 10.9. The lowest BCUT2D eigenvalue weighted by Crippen LogP contribution is -2.25. The molecule has 0 spiro atoms. The summed E-state index contributed by atoms with van der Waals surface area (Å²) in [6.45, 7) is 0. The molecule has 22 heavy (non-hydrogen) atoms. The van der Waals surface area contributed by atoms with E-state index in [9.17, 15) is 24.5 Å². The van der Waals surface area contributed by atoms with E-state index in [1.807, 2.05) is 0 Å². The summed E-state index contributed by atoms with van der Waals surface area (Å²) in [6, 6.07) is 5.80. The lowest BCUT2D eigenvalue weighted by Gasteiger charge is -1.98. The van der Waals surface area contributed by atoms with Crippen molar-refractivity contribution in [2.75, 3.05) is 0 Å². The van der Waals surface area contributed by atoms with Gasteiger partial charge in [0.05, 0.1) is 10.5 Å². The molecule has 0 aliphatic rings. The molecule has 0 aliphatic carbocycles. The number of benzene rings is 1. The first-order chi connectivity index (χ1) is 10.4. The molecule has 0 bridgehead atoms. The van der Waals surface area contributed by atoms with Crippen LogP contribution < -0.4 is 11.2 Å². The summed E-state index contributed by atoms with van der Waals surface area (Å²) in [5.41, 5.74) is -2.60. The van der Waals surface area contributed by atoms with Crippen LogP contribution in [0.2, 0.25) is 0 Å². The van der Waals surface area contributed by atoms with Gasteiger partial charge in [-0.25, -0.2) is 9.59 Å². The number of hydrogen-bond donors (Lipinski definition) is 3. The van der Waals surface area contributed by atoms with Gasteiger partial charge in [-0.2, -0.15) is 0 Å². The molecule has 3 N–H and O–H groups in total. The lowest BCUT2D eigenvalue weighted by molar-refractivity contribution is -0.386. The highest BCUT2D eigenvalue weighted by Gasteiger charge is 2.18. The van der Waals surface area contributed by atoms with Gasteiger partial charge in [-0.3, -0.25) is 19.9 Å². The molecule has 0 atom stereocenters. The normalized spacial score (nSPS) is 10.7. The number of nitrogens with zero attached hydrogens (tertiary/aromatic N) is 1. The van der Waals surface area contributed by atoms with Crippen LogP contribution in [0.5, 0.6) is 0 Å². The van der Waals surface area contributed by atoms with Gasteiger partial charge >= 0.3 is 22.9 Å². The molecule has 1 aromatic carbocycles. The van der Waals surface area contributed by atoms with Crippen molar-refractivity contribution in [2.24, 2.45) is 0 Å². The van der Waals surface area contributed by atoms with Crippen molar-refractivity contribution in [1.29, 1.82) is 0 Å². The predicted octanol–water partition coefficient (Wildman–Crippen LogP) is 0.840. The van der Waals surface area contributed by atoms with Crippen molar-refractivity contribution in [2.45, 2.75) is 0 Å². The number of carbonyl (C=O) groups is 1. The number of aromatic amines is 2. The molecule has 9 heteroatoms. The summed E-state index contributed by atoms with van der Waals surface area (Å²) in [5, 5.41) is 19.7. The van der Waals surface area contributed by atoms with Crippen LogP contribution in [0, 0.1) is 10.1 Å². The number of H-pyrrole nitrogens is 2. The van der Waals surface area contributed by atoms with E-state index in [-0.39, 0.29) is 11.3 Å². The Morgan fingerprint density at radius 1 is 1.23 bits per heavy atom. The molecule has 0 saturated carbocycles. The highest BCUT2D eigenvalue weighted by Crippen LogP contribution is 2.13. The molecular formula is C13H9N3O6. The third-order valence-corrected chi connectivity index (χ3v) is 2.70. The molecular weight excluding hydrogens is 294 g/mol. The monoisotopic (exact) mass is 303 g/mol. The molecule has 0 unspecified atom stereocenters. The third kappa shape index (κ3) is 3.15. The number of nitrogens with one attached hydrogen (secondary N) is 2. The van der Waals surface area contributed by atoms with Crippen LogP contribution in [0.25, 0.3) is 12.2 Å². The fraction of sp³-hybridized carbons (Fsp3) is 0. The first-order valence-corrected chi connectivity index (χ1v) is 5.91. The first kappa shape index (κ1) is 14.9. The zero-order chi connectivity index (χ0) is 16.3. The first-order valence-electron chi connectivity index (χ1n) is 5.91. The molecule has 112 valence electrons. The van der Waals surface area contributed by atoms with Gasteiger partial charge in [0.25, 0.3) is 0 Å². The van der Waals surface area contributed by atoms with Crippen molar-refractivity contribution < 1.29 is 14.8 Å². The van der Waals surface area contributed by atoms with E-state index in [4.69, 9.17) is 5.11 Å². The van der Waals surface area contributed by atoms with Gasteiger partial charge in [0, 0.05) is 0 Å². The minimum Gasteiger partial charge on any atom is -0.478 e. The molecule has 0 saturated heterocycles. The molecule has 1 heterocycles. The van der Waals surface area contributed by atoms with Gasteiger partial charge in [0.1, 0.15) is 5.69 Å². The molecule has 0 aliphatic heterocycles. The SMILES string of the molecule is O=C(O)c1cccc(/C=C/c2[nH]c(=O)[nH]c(=O)c2[N+](=O)[O-])c1. The number of rotatable bonds is 4. The Balaban J connectivity index is 2.49. The van der Waals surface area contributed by atoms with Crippen molar-refractivity contribution in [3.63, 3.8) is 0 Å². The lowest BCUT2D eigenvalue weighted by atomic mass is 10.1. The third-order valence-electron chi connectivity index (χ3n) is 2.70. The number of aromatic nitrogens is 2. The Labute approximate surface area is 121 Å². The standard InChI is InChI=1S/C13H9N3O6/c17-11-10(16(21)22)9(14-13(20)15-11)5-4-7-2-1-3-8(6-7)12(18)19/h1-6H,(H,18,19)(H2,14,15,17,20)/b5-4+. The van der Waals surface area contributed by atoms with E-state index in [0.717, 1.165) is 6.08 Å². The fourth-order valence-corrected chi connectivity index (χ4v) is 1.75. The van der Waals surface area contributed by atoms with E-state index < -0.39 is 27.8 Å². The molecule has 2 aromatic rings. The van der Waals surface area contributed by atoms with Gasteiger partial charge in [-0.05, 0) is 23.8 Å². The number of nitro groups is 1. The van der Waals surface area contributed by atoms with Crippen LogP contribution in [0.4, 0.5) is 5.69 Å². The number of carboxylic acids is 1. The predicted molar refractivity (Wildman–Crippen MR) is 76.7 cm³/mol. The maximum atomic E-state index is 11.4. The van der Waals surface area contributed by atoms with E-state index in [2.05, 4.69) is 4.98 Å². The summed E-state index contributed by atoms with van der Waals surface area (Å²) >= 11 is 0. The molecule has 0 amide bonds. The molecule has 2 rings (SSSR count). The highest BCUT2D eigenvalue weighted by atomic mass is 16.6. The van der Waals surface area contributed by atoms with Crippen molar-refractivity contribution >= 4 is 23.8 Å². The van der Waals surface area contributed by atoms with E-state index in [0.29, 0.717) is 5.56 Å². The van der Waals surface area contributed by atoms with Crippen molar-refractivity contribution in [1.82, 2.24) is 9.97 Å². The van der Waals surface area contributed by atoms with Gasteiger partial charge in [0.15, 0.2) is 0 Å². The van der Waals surface area contributed by atoms with Crippen LogP contribution in [-0.2, 0) is 0 Å². The Bertz CT molecular complexity index is 893. The second-order valence-corrected chi connectivity index (χ2v) is 4.19. The quantitative estimate of drug-likeness (QED) is 0.563. The minimum absolute atomic E-state index is 0.0380. The van der Waals surface area contributed by atoms with Crippen LogP contribution in [0.15, 0.2) is 33.9 Å². The smallest absolute Gasteiger partial charge is 0.357 e. The number of hydrogen-bond acceptors (Lipinski definition) is 5. The maximum absolute atomic E-state index is 11.4. The van der Waals surface area contributed by atoms with Gasteiger partial charge < -0.3 is 10.1 Å². The average molecular weight is 303 g/mol. The second-order valence-electron chi connectivity index (χ2n) is 4.19. The Kier molecular flexibility index (Phi) is 3.98. The largest absolute Gasteiger partial charge is 0.478 e. The summed E-state index contributed by atoms with van der Waals surface area (Å²) < 4.78 is 0. The van der Waals surface area contributed by atoms with Crippen LogP contribution in [0.1, 0.15) is 21.6 Å². The number of carboxylic acid groups (broad SMARTS) is 1. The van der Waals surface area contributed by atoms with E-state index in [1.165, 1.54) is 24.3 Å². The molecule has 0 fully saturated rings. The van der Waals surface area contributed by atoms with Gasteiger partial charge in [0.2, 0.25) is 0 Å². The van der Waals surface area contributed by atoms with Crippen molar-refractivity contribution in [3.8, 4) is 0 Å². The van der Waals surface area contributed by atoms with Crippen LogP contribution in [-0.4, -0.2) is 26.0 Å². The van der Waals surface area contributed by atoms with Crippen molar-refractivity contribution in [3.05, 3.63) is 72.0 Å².